The Hall–Kier alpha value is -2.34. The van der Waals surface area contributed by atoms with Crippen molar-refractivity contribution < 1.29 is 14.2 Å². The molecule has 11 heteroatoms. The molecule has 0 aromatic carbocycles. The molecule has 36 heavy (non-hydrogen) atoms. The lowest BCUT2D eigenvalue weighted by Gasteiger charge is -2.41. The summed E-state index contributed by atoms with van der Waals surface area (Å²) in [6.45, 7) is 6.90. The number of nitrogen functional groups attached to an aromatic ring is 1. The zero-order chi connectivity index (χ0) is 24.9. The summed E-state index contributed by atoms with van der Waals surface area (Å²) in [7, 11) is 1.76. The van der Waals surface area contributed by atoms with Crippen molar-refractivity contribution in [1.29, 1.82) is 0 Å². The molecule has 2 aromatic heterocycles. The summed E-state index contributed by atoms with van der Waals surface area (Å²) in [5.41, 5.74) is 12.9. The number of nitrogens with two attached hydrogens (primary N) is 2. The Balaban J connectivity index is 1.16. The Bertz CT molecular complexity index is 1110. The van der Waals surface area contributed by atoms with E-state index in [9.17, 15) is 0 Å². The molecule has 6 rings (SSSR count). The quantitative estimate of drug-likeness (QED) is 0.611. The number of piperidine rings is 1. The van der Waals surface area contributed by atoms with Crippen LogP contribution in [-0.2, 0) is 9.47 Å². The predicted octanol–water partition coefficient (Wildman–Crippen LogP) is 2.17. The molecule has 0 aliphatic carbocycles. The number of anilines is 3. The molecule has 0 amide bonds. The molecule has 0 bridgehead atoms. The number of ether oxygens (including phenoxy) is 3. The van der Waals surface area contributed by atoms with Gasteiger partial charge in [0.25, 0.3) is 0 Å². The van der Waals surface area contributed by atoms with E-state index in [1.54, 1.807) is 7.11 Å². The van der Waals surface area contributed by atoms with Crippen molar-refractivity contribution in [2.45, 2.75) is 54.3 Å². The second-order valence-corrected chi connectivity index (χ2v) is 11.6. The molecule has 2 aromatic rings. The normalized spacial score (nSPS) is 28.8. The van der Waals surface area contributed by atoms with Crippen molar-refractivity contribution in [3.05, 3.63) is 18.5 Å². The van der Waals surface area contributed by atoms with Crippen LogP contribution in [0.1, 0.15) is 26.2 Å². The smallest absolute Gasteiger partial charge is 0.175 e. The Kier molecular flexibility index (Phi) is 6.35. The number of hydrogen-bond acceptors (Lipinski definition) is 11. The number of pyridine rings is 1. The van der Waals surface area contributed by atoms with Crippen molar-refractivity contribution in [3.63, 3.8) is 0 Å². The van der Waals surface area contributed by atoms with Crippen LogP contribution in [0.15, 0.2) is 28.4 Å². The molecular weight excluding hydrogens is 478 g/mol. The fourth-order valence-corrected chi connectivity index (χ4v) is 7.02. The summed E-state index contributed by atoms with van der Waals surface area (Å²) in [5.74, 6) is 3.42. The number of rotatable bonds is 5. The van der Waals surface area contributed by atoms with Gasteiger partial charge in [-0.15, -0.1) is 0 Å². The molecule has 194 valence electrons. The molecule has 3 fully saturated rings. The average molecular weight is 514 g/mol. The van der Waals surface area contributed by atoms with Gasteiger partial charge in [-0.3, -0.25) is 0 Å². The lowest BCUT2D eigenvalue weighted by molar-refractivity contribution is 0.0974. The Morgan fingerprint density at radius 3 is 2.83 bits per heavy atom. The maximum absolute atomic E-state index is 6.47. The van der Waals surface area contributed by atoms with Gasteiger partial charge in [-0.05, 0) is 32.3 Å². The number of aromatic nitrogens is 3. The number of methoxy groups -OCH3 is 1. The minimum Gasteiger partial charge on any atom is -0.486 e. The van der Waals surface area contributed by atoms with Crippen molar-refractivity contribution in [2.75, 3.05) is 62.1 Å². The van der Waals surface area contributed by atoms with Crippen LogP contribution in [0.3, 0.4) is 0 Å². The van der Waals surface area contributed by atoms with Crippen LogP contribution in [0, 0.1) is 11.3 Å². The summed E-state index contributed by atoms with van der Waals surface area (Å²) in [5, 5.41) is 0.671. The molecular formula is C25H35N7O3S. The van der Waals surface area contributed by atoms with E-state index in [2.05, 4.69) is 21.7 Å². The van der Waals surface area contributed by atoms with Crippen LogP contribution >= 0.6 is 11.8 Å². The Morgan fingerprint density at radius 1 is 1.28 bits per heavy atom. The van der Waals surface area contributed by atoms with Crippen LogP contribution in [0.4, 0.5) is 17.5 Å². The van der Waals surface area contributed by atoms with Gasteiger partial charge in [-0.25, -0.2) is 15.0 Å². The van der Waals surface area contributed by atoms with E-state index < -0.39 is 0 Å². The summed E-state index contributed by atoms with van der Waals surface area (Å²) in [6.07, 6.45) is 6.80. The van der Waals surface area contributed by atoms with Gasteiger partial charge in [0.2, 0.25) is 0 Å². The highest BCUT2D eigenvalue weighted by Crippen LogP contribution is 2.46. The van der Waals surface area contributed by atoms with Crippen LogP contribution in [0.2, 0.25) is 0 Å². The predicted molar refractivity (Wildman–Crippen MR) is 139 cm³/mol. The SMILES string of the molecule is COCC1C[C@H]2COc3c(Sc4ncc(N5CCC6(CC5)CO[C@@H](C)[C@H]6N)nc4N)ccnc3N2C1. The van der Waals surface area contributed by atoms with Gasteiger partial charge in [0.1, 0.15) is 17.5 Å². The summed E-state index contributed by atoms with van der Waals surface area (Å²) >= 11 is 1.48. The standard InChI is InChI=1S/C25H35N7O3S/c1-15-21(26)25(14-35-15)4-7-31(8-5-25)19-10-29-24(22(27)30-19)36-18-3-6-28-23-20(18)34-13-17-9-16(12-33-2)11-32(17)23/h3,6,10,15-17,21H,4-5,7-9,11-14,26H2,1-2H3,(H2,27,30)/t15-,16?,17-,21+/m0/s1. The molecule has 0 saturated carbocycles. The van der Waals surface area contributed by atoms with Gasteiger partial charge in [-0.1, -0.05) is 11.8 Å². The van der Waals surface area contributed by atoms with E-state index in [0.29, 0.717) is 29.4 Å². The second-order valence-electron chi connectivity index (χ2n) is 10.5. The zero-order valence-electron chi connectivity index (χ0n) is 20.9. The third kappa shape index (κ3) is 4.15. The third-order valence-electron chi connectivity index (χ3n) is 8.33. The van der Waals surface area contributed by atoms with Gasteiger partial charge < -0.3 is 35.5 Å². The van der Waals surface area contributed by atoms with Crippen LogP contribution in [-0.4, -0.2) is 79.7 Å². The Labute approximate surface area is 216 Å². The summed E-state index contributed by atoms with van der Waals surface area (Å²) in [6, 6.07) is 2.39. The highest BCUT2D eigenvalue weighted by molar-refractivity contribution is 7.99. The van der Waals surface area contributed by atoms with Crippen molar-refractivity contribution in [2.24, 2.45) is 17.1 Å². The molecule has 3 saturated heterocycles. The Morgan fingerprint density at radius 2 is 2.11 bits per heavy atom. The van der Waals surface area contributed by atoms with Gasteiger partial charge in [0.05, 0.1) is 36.5 Å². The van der Waals surface area contributed by atoms with Crippen LogP contribution in [0.5, 0.6) is 5.75 Å². The van der Waals surface area contributed by atoms with Gasteiger partial charge in [0.15, 0.2) is 17.4 Å². The molecule has 4 atom stereocenters. The second kappa shape index (κ2) is 9.51. The first-order chi connectivity index (χ1) is 17.5. The first kappa shape index (κ1) is 24.0. The highest BCUT2D eigenvalue weighted by atomic mass is 32.2. The third-order valence-corrected chi connectivity index (χ3v) is 9.38. The fraction of sp³-hybridized carbons (Fsp3) is 0.640. The number of hydrogen-bond donors (Lipinski definition) is 2. The van der Waals surface area contributed by atoms with Crippen molar-refractivity contribution >= 4 is 29.2 Å². The van der Waals surface area contributed by atoms with Crippen LogP contribution in [0.25, 0.3) is 0 Å². The molecule has 1 spiro atoms. The monoisotopic (exact) mass is 513 g/mol. The topological polar surface area (TPSA) is 125 Å². The molecule has 4 aliphatic rings. The van der Waals surface area contributed by atoms with E-state index >= 15 is 0 Å². The molecule has 4 aliphatic heterocycles. The highest BCUT2D eigenvalue weighted by Gasteiger charge is 2.47. The van der Waals surface area contributed by atoms with E-state index in [4.69, 9.17) is 35.6 Å². The molecule has 1 unspecified atom stereocenters. The van der Waals surface area contributed by atoms with Gasteiger partial charge >= 0.3 is 0 Å². The number of fused-ring (bicyclic) bond motifs is 3. The minimum absolute atomic E-state index is 0.0725. The summed E-state index contributed by atoms with van der Waals surface area (Å²) < 4.78 is 17.4. The minimum atomic E-state index is 0.0725. The van der Waals surface area contributed by atoms with Gasteiger partial charge in [-0.2, -0.15) is 0 Å². The van der Waals surface area contributed by atoms with Crippen molar-refractivity contribution in [3.8, 4) is 5.75 Å². The fourth-order valence-electron chi connectivity index (χ4n) is 6.18. The van der Waals surface area contributed by atoms with E-state index in [-0.39, 0.29) is 17.6 Å². The molecule has 6 heterocycles. The van der Waals surface area contributed by atoms with Gasteiger partial charge in [0, 0.05) is 50.3 Å². The molecule has 4 N–H and O–H groups in total. The average Bonchev–Trinajstić information content (AvgIpc) is 3.43. The first-order valence-electron chi connectivity index (χ1n) is 12.8. The lowest BCUT2D eigenvalue weighted by Crippen LogP contribution is -2.50. The zero-order valence-corrected chi connectivity index (χ0v) is 21.7. The largest absolute Gasteiger partial charge is 0.486 e. The van der Waals surface area contributed by atoms with E-state index in [1.165, 1.54) is 11.8 Å². The molecule has 10 nitrogen and oxygen atoms in total. The first-order valence-corrected chi connectivity index (χ1v) is 13.6. The van der Waals surface area contributed by atoms with E-state index in [1.807, 2.05) is 18.5 Å². The van der Waals surface area contributed by atoms with Crippen LogP contribution < -0.4 is 26.0 Å². The maximum atomic E-state index is 6.47. The maximum Gasteiger partial charge on any atom is 0.175 e. The van der Waals surface area contributed by atoms with Crippen molar-refractivity contribution in [1.82, 2.24) is 15.0 Å². The lowest BCUT2D eigenvalue weighted by atomic mass is 9.73. The summed E-state index contributed by atoms with van der Waals surface area (Å²) in [4.78, 5) is 19.6. The van der Waals surface area contributed by atoms with E-state index in [0.717, 1.165) is 74.4 Å². The molecule has 0 radical (unpaired) electrons. The number of nitrogens with zero attached hydrogens (tertiary/aromatic N) is 5.